The minimum atomic E-state index is -0.329. The van der Waals surface area contributed by atoms with Crippen molar-refractivity contribution in [2.24, 2.45) is 0 Å². The normalized spacial score (nSPS) is 12.4. The molecule has 0 spiro atoms. The molecule has 0 aliphatic rings. The van der Waals surface area contributed by atoms with E-state index in [-0.39, 0.29) is 11.9 Å². The number of hydrogen-bond donors (Lipinski definition) is 2. The van der Waals surface area contributed by atoms with Crippen LogP contribution in [0.25, 0.3) is 21.9 Å². The molecule has 2 N–H and O–H groups in total. The molecule has 0 radical (unpaired) electrons. The van der Waals surface area contributed by atoms with E-state index in [1.54, 1.807) is 34.5 Å². The van der Waals surface area contributed by atoms with Gasteiger partial charge >= 0.3 is 0 Å². The first kappa shape index (κ1) is 19.1. The Balaban J connectivity index is 1.64. The summed E-state index contributed by atoms with van der Waals surface area (Å²) >= 11 is 1.67. The first-order chi connectivity index (χ1) is 15.0. The van der Waals surface area contributed by atoms with Crippen LogP contribution in [0.2, 0.25) is 0 Å². The standard InChI is InChI=1S/C20H19N9OS/c1-11-7-23-27-29(11)15-6-14(20(30)25-13(3)18-22-10-24-26-18)9-28-16(8-21-19(15)28)17-5-4-12(2)31-17/h4-10,13H,1-3H3,(H,25,30)(H,22,24,26). The average molecular weight is 434 g/mol. The second-order valence-corrected chi connectivity index (χ2v) is 8.51. The Bertz CT molecular complexity index is 1380. The van der Waals surface area contributed by atoms with E-state index in [4.69, 9.17) is 0 Å². The van der Waals surface area contributed by atoms with Gasteiger partial charge in [0, 0.05) is 11.1 Å². The molecule has 1 amide bonds. The van der Waals surface area contributed by atoms with Gasteiger partial charge in [0.25, 0.3) is 5.91 Å². The lowest BCUT2D eigenvalue weighted by molar-refractivity contribution is 0.0938. The number of amides is 1. The number of thiophene rings is 1. The van der Waals surface area contributed by atoms with E-state index in [9.17, 15) is 4.79 Å². The van der Waals surface area contributed by atoms with Crippen molar-refractivity contribution in [3.8, 4) is 16.3 Å². The van der Waals surface area contributed by atoms with E-state index in [1.165, 1.54) is 11.2 Å². The first-order valence-corrected chi connectivity index (χ1v) is 10.5. The van der Waals surface area contributed by atoms with Gasteiger partial charge in [-0.2, -0.15) is 0 Å². The molecule has 31 heavy (non-hydrogen) atoms. The highest BCUT2D eigenvalue weighted by molar-refractivity contribution is 7.15. The molecule has 156 valence electrons. The zero-order valence-electron chi connectivity index (χ0n) is 17.1. The zero-order valence-corrected chi connectivity index (χ0v) is 17.9. The van der Waals surface area contributed by atoms with Gasteiger partial charge in [-0.3, -0.25) is 9.20 Å². The maximum Gasteiger partial charge on any atom is 0.253 e. The van der Waals surface area contributed by atoms with Crippen molar-refractivity contribution < 1.29 is 4.79 Å². The number of fused-ring (bicyclic) bond motifs is 1. The Morgan fingerprint density at radius 3 is 2.77 bits per heavy atom. The van der Waals surface area contributed by atoms with E-state index < -0.39 is 0 Å². The second-order valence-electron chi connectivity index (χ2n) is 7.22. The molecular formula is C20H19N9OS. The number of rotatable bonds is 5. The van der Waals surface area contributed by atoms with E-state index in [2.05, 4.69) is 54.9 Å². The first-order valence-electron chi connectivity index (χ1n) is 9.63. The van der Waals surface area contributed by atoms with Crippen molar-refractivity contribution in [1.29, 1.82) is 0 Å². The van der Waals surface area contributed by atoms with Gasteiger partial charge in [0.1, 0.15) is 12.0 Å². The molecule has 5 aromatic rings. The summed E-state index contributed by atoms with van der Waals surface area (Å²) in [5.74, 6) is 0.339. The van der Waals surface area contributed by atoms with Crippen LogP contribution < -0.4 is 5.32 Å². The fourth-order valence-electron chi connectivity index (χ4n) is 3.40. The van der Waals surface area contributed by atoms with Crippen LogP contribution in [-0.2, 0) is 0 Å². The van der Waals surface area contributed by atoms with Gasteiger partial charge in [0.15, 0.2) is 11.5 Å². The van der Waals surface area contributed by atoms with E-state index in [0.717, 1.165) is 16.3 Å². The van der Waals surface area contributed by atoms with Gasteiger partial charge in [-0.15, -0.1) is 26.6 Å². The number of carbonyl (C=O) groups is 1. The third-order valence-electron chi connectivity index (χ3n) is 4.98. The molecule has 5 heterocycles. The fourth-order valence-corrected chi connectivity index (χ4v) is 4.28. The predicted octanol–water partition coefficient (Wildman–Crippen LogP) is 2.87. The van der Waals surface area contributed by atoms with Crippen LogP contribution in [0, 0.1) is 13.8 Å². The number of nitrogens with zero attached hydrogens (tertiary/aromatic N) is 7. The summed E-state index contributed by atoms with van der Waals surface area (Å²) < 4.78 is 3.61. The smallest absolute Gasteiger partial charge is 0.253 e. The zero-order chi connectivity index (χ0) is 21.5. The average Bonchev–Trinajstić information content (AvgIpc) is 3.54. The van der Waals surface area contributed by atoms with Gasteiger partial charge in [-0.1, -0.05) is 5.21 Å². The molecule has 0 aliphatic heterocycles. The van der Waals surface area contributed by atoms with Crippen LogP contribution in [0.15, 0.2) is 43.1 Å². The lowest BCUT2D eigenvalue weighted by atomic mass is 10.2. The number of H-pyrrole nitrogens is 1. The largest absolute Gasteiger partial charge is 0.342 e. The Kier molecular flexibility index (Phi) is 4.59. The molecule has 0 aliphatic carbocycles. The quantitative estimate of drug-likeness (QED) is 0.440. The van der Waals surface area contributed by atoms with Crippen LogP contribution in [-0.4, -0.2) is 45.5 Å². The van der Waals surface area contributed by atoms with Crippen molar-refractivity contribution in [1.82, 2.24) is 44.9 Å². The number of pyridine rings is 1. The van der Waals surface area contributed by atoms with Crippen molar-refractivity contribution in [2.75, 3.05) is 0 Å². The molecule has 0 bridgehead atoms. The Hall–Kier alpha value is -3.86. The highest BCUT2D eigenvalue weighted by Gasteiger charge is 2.20. The number of nitrogens with one attached hydrogen (secondary N) is 2. The number of aromatic nitrogens is 8. The molecule has 1 unspecified atom stereocenters. The molecular weight excluding hydrogens is 414 g/mol. The number of hydrogen-bond acceptors (Lipinski definition) is 7. The minimum Gasteiger partial charge on any atom is -0.342 e. The molecule has 0 fully saturated rings. The Labute approximate surface area is 181 Å². The predicted molar refractivity (Wildman–Crippen MR) is 115 cm³/mol. The number of imidazole rings is 1. The summed E-state index contributed by atoms with van der Waals surface area (Å²) in [5, 5.41) is 18.9. The van der Waals surface area contributed by atoms with Gasteiger partial charge in [-0.25, -0.2) is 9.67 Å². The van der Waals surface area contributed by atoms with E-state index in [1.807, 2.05) is 24.4 Å². The molecule has 10 nitrogen and oxygen atoms in total. The van der Waals surface area contributed by atoms with Gasteiger partial charge < -0.3 is 10.3 Å². The number of carbonyl (C=O) groups excluding carboxylic acids is 1. The van der Waals surface area contributed by atoms with Crippen LogP contribution in [0.4, 0.5) is 0 Å². The molecule has 5 rings (SSSR count). The van der Waals surface area contributed by atoms with Crippen LogP contribution in [0.5, 0.6) is 0 Å². The lowest BCUT2D eigenvalue weighted by Gasteiger charge is -2.13. The molecule has 0 saturated carbocycles. The number of aromatic amines is 1. The van der Waals surface area contributed by atoms with Gasteiger partial charge in [0.2, 0.25) is 0 Å². The molecule has 5 aromatic heterocycles. The highest BCUT2D eigenvalue weighted by Crippen LogP contribution is 2.30. The van der Waals surface area contributed by atoms with E-state index in [0.29, 0.717) is 22.7 Å². The molecule has 1 atom stereocenters. The van der Waals surface area contributed by atoms with Gasteiger partial charge in [-0.05, 0) is 39.0 Å². The third kappa shape index (κ3) is 3.38. The summed E-state index contributed by atoms with van der Waals surface area (Å²) in [6.07, 6.45) is 6.76. The maximum absolute atomic E-state index is 13.1. The van der Waals surface area contributed by atoms with Gasteiger partial charge in [0.05, 0.1) is 40.3 Å². The fraction of sp³-hybridized carbons (Fsp3) is 0.200. The monoisotopic (exact) mass is 433 g/mol. The summed E-state index contributed by atoms with van der Waals surface area (Å²) in [6.45, 7) is 5.81. The highest BCUT2D eigenvalue weighted by atomic mass is 32.1. The topological polar surface area (TPSA) is 119 Å². The summed E-state index contributed by atoms with van der Waals surface area (Å²) in [7, 11) is 0. The van der Waals surface area contributed by atoms with Crippen molar-refractivity contribution >= 4 is 22.9 Å². The van der Waals surface area contributed by atoms with Crippen molar-refractivity contribution in [3.05, 3.63) is 65.1 Å². The second kappa shape index (κ2) is 7.43. The van der Waals surface area contributed by atoms with Crippen molar-refractivity contribution in [2.45, 2.75) is 26.8 Å². The van der Waals surface area contributed by atoms with Crippen molar-refractivity contribution in [3.63, 3.8) is 0 Å². The third-order valence-corrected chi connectivity index (χ3v) is 6.01. The molecule has 0 aromatic carbocycles. The summed E-state index contributed by atoms with van der Waals surface area (Å²) in [6, 6.07) is 5.57. The minimum absolute atomic E-state index is 0.244. The van der Waals surface area contributed by atoms with Crippen LogP contribution in [0.3, 0.4) is 0 Å². The Morgan fingerprint density at radius 2 is 2.10 bits per heavy atom. The van der Waals surface area contributed by atoms with Crippen LogP contribution in [0.1, 0.15) is 39.7 Å². The summed E-state index contributed by atoms with van der Waals surface area (Å²) in [4.78, 5) is 22.9. The van der Waals surface area contributed by atoms with Crippen LogP contribution >= 0.6 is 11.3 Å². The maximum atomic E-state index is 13.1. The molecule has 0 saturated heterocycles. The number of aryl methyl sites for hydroxylation is 2. The Morgan fingerprint density at radius 1 is 1.23 bits per heavy atom. The SMILES string of the molecule is Cc1ccc(-c2cnc3c(-n4nncc4C)cc(C(=O)NC(C)c4nnc[nH]4)cn23)s1. The molecule has 11 heteroatoms. The lowest BCUT2D eigenvalue weighted by Crippen LogP contribution is -2.28. The van der Waals surface area contributed by atoms with E-state index >= 15 is 0 Å². The summed E-state index contributed by atoms with van der Waals surface area (Å²) in [5.41, 5.74) is 3.58.